The summed E-state index contributed by atoms with van der Waals surface area (Å²) in [5, 5.41) is 13.2. The van der Waals surface area contributed by atoms with Crippen molar-refractivity contribution in [3.8, 4) is 5.75 Å². The van der Waals surface area contributed by atoms with Gasteiger partial charge in [0.25, 0.3) is 0 Å². The molecule has 0 saturated heterocycles. The van der Waals surface area contributed by atoms with E-state index in [4.69, 9.17) is 21.1 Å². The number of aromatic nitrogens is 3. The number of carbonyl (C=O) groups excluding carboxylic acids is 2. The second kappa shape index (κ2) is 12.4. The zero-order valence-electron chi connectivity index (χ0n) is 20.4. The van der Waals surface area contributed by atoms with Crippen LogP contribution >= 0.6 is 34.7 Å². The molecule has 0 unspecified atom stereocenters. The van der Waals surface area contributed by atoms with E-state index in [1.807, 2.05) is 50.6 Å². The van der Waals surface area contributed by atoms with Gasteiger partial charge in [0.1, 0.15) is 16.6 Å². The highest BCUT2D eigenvalue weighted by Gasteiger charge is 2.22. The number of nitrogens with one attached hydrogen (secondary N) is 1. The van der Waals surface area contributed by atoms with Crippen LogP contribution in [0.1, 0.15) is 45.5 Å². The molecule has 35 heavy (non-hydrogen) atoms. The molecule has 0 saturated carbocycles. The minimum absolute atomic E-state index is 0.142. The zero-order chi connectivity index (χ0) is 25.5. The fourth-order valence-corrected chi connectivity index (χ4v) is 5.35. The Bertz CT molecular complexity index is 1210. The van der Waals surface area contributed by atoms with E-state index in [0.29, 0.717) is 33.8 Å². The lowest BCUT2D eigenvalue weighted by molar-refractivity contribution is -0.113. The van der Waals surface area contributed by atoms with Crippen molar-refractivity contribution in [2.45, 2.75) is 45.7 Å². The third-order valence-electron chi connectivity index (χ3n) is 5.31. The number of thioether (sulfide) groups is 1. The van der Waals surface area contributed by atoms with Crippen LogP contribution in [0.3, 0.4) is 0 Å². The summed E-state index contributed by atoms with van der Waals surface area (Å²) < 4.78 is 12.9. The number of rotatable bonds is 11. The predicted octanol–water partition coefficient (Wildman–Crippen LogP) is 5.37. The maximum absolute atomic E-state index is 12.6. The summed E-state index contributed by atoms with van der Waals surface area (Å²) in [4.78, 5) is 25.9. The van der Waals surface area contributed by atoms with Gasteiger partial charge in [-0.05, 0) is 63.4 Å². The van der Waals surface area contributed by atoms with Crippen LogP contribution in [0.4, 0.5) is 5.00 Å². The molecule has 1 amide bonds. The van der Waals surface area contributed by atoms with Gasteiger partial charge in [0, 0.05) is 23.4 Å². The number of thiophene rings is 1. The van der Waals surface area contributed by atoms with Crippen LogP contribution in [-0.4, -0.2) is 45.6 Å². The Kier molecular flexibility index (Phi) is 9.59. The first-order valence-electron chi connectivity index (χ1n) is 11.2. The van der Waals surface area contributed by atoms with Crippen molar-refractivity contribution in [3.63, 3.8) is 0 Å². The van der Waals surface area contributed by atoms with Gasteiger partial charge in [-0.1, -0.05) is 23.4 Å². The van der Waals surface area contributed by atoms with Gasteiger partial charge in [0.05, 0.1) is 24.5 Å². The summed E-state index contributed by atoms with van der Waals surface area (Å²) in [6.07, 6.45) is 1.46. The molecule has 188 valence electrons. The molecule has 0 spiro atoms. The van der Waals surface area contributed by atoms with Crippen molar-refractivity contribution in [2.75, 3.05) is 24.3 Å². The molecule has 0 aliphatic heterocycles. The summed E-state index contributed by atoms with van der Waals surface area (Å²) in [6.45, 7) is 8.30. The van der Waals surface area contributed by atoms with E-state index in [1.165, 1.54) is 23.1 Å². The molecule has 0 atom stereocenters. The van der Waals surface area contributed by atoms with Crippen LogP contribution in [0, 0.1) is 20.8 Å². The van der Waals surface area contributed by atoms with Crippen LogP contribution < -0.4 is 10.1 Å². The number of halogens is 1. The Morgan fingerprint density at radius 3 is 2.71 bits per heavy atom. The Balaban J connectivity index is 1.50. The molecule has 2 aromatic heterocycles. The Labute approximate surface area is 218 Å². The Morgan fingerprint density at radius 2 is 2.00 bits per heavy atom. The maximum atomic E-state index is 12.6. The van der Waals surface area contributed by atoms with Gasteiger partial charge in [-0.25, -0.2) is 4.79 Å². The lowest BCUT2D eigenvalue weighted by Gasteiger charge is -2.09. The van der Waals surface area contributed by atoms with E-state index in [2.05, 4.69) is 15.5 Å². The number of esters is 1. The van der Waals surface area contributed by atoms with Crippen molar-refractivity contribution in [1.82, 2.24) is 14.8 Å². The molecule has 3 rings (SSSR count). The topological polar surface area (TPSA) is 95.3 Å². The van der Waals surface area contributed by atoms with Crippen molar-refractivity contribution < 1.29 is 19.1 Å². The molecule has 1 N–H and O–H groups in total. The summed E-state index contributed by atoms with van der Waals surface area (Å²) in [7, 11) is 1.88. The van der Waals surface area contributed by atoms with Crippen LogP contribution in [0.2, 0.25) is 5.02 Å². The number of aryl methyl sites for hydroxylation is 3. The normalized spacial score (nSPS) is 10.9. The fraction of sp³-hybridized carbons (Fsp3) is 0.417. The summed E-state index contributed by atoms with van der Waals surface area (Å²) in [6, 6.07) is 5.55. The molecular weight excluding hydrogens is 508 g/mol. The van der Waals surface area contributed by atoms with Crippen LogP contribution in [0.5, 0.6) is 5.75 Å². The molecule has 8 nitrogen and oxygen atoms in total. The molecule has 11 heteroatoms. The molecule has 0 aliphatic rings. The molecular formula is C24H29ClN4O4S2. The van der Waals surface area contributed by atoms with Crippen molar-refractivity contribution in [1.29, 1.82) is 0 Å². The van der Waals surface area contributed by atoms with Crippen molar-refractivity contribution >= 4 is 51.6 Å². The SMILES string of the molecule is CCOC(=O)c1c(NC(=O)CSc2nnc(CCCOc3ccc(Cl)cc3C)n2C)sc(C)c1C. The largest absolute Gasteiger partial charge is 0.493 e. The summed E-state index contributed by atoms with van der Waals surface area (Å²) in [5.41, 5.74) is 2.24. The second-order valence-electron chi connectivity index (χ2n) is 7.86. The minimum Gasteiger partial charge on any atom is -0.493 e. The molecule has 0 radical (unpaired) electrons. The zero-order valence-corrected chi connectivity index (χ0v) is 22.8. The van der Waals surface area contributed by atoms with Crippen LogP contribution in [-0.2, 0) is 23.0 Å². The number of amides is 1. The van der Waals surface area contributed by atoms with E-state index >= 15 is 0 Å². The average molecular weight is 537 g/mol. The average Bonchev–Trinajstić information content (AvgIpc) is 3.29. The van der Waals surface area contributed by atoms with Gasteiger partial charge >= 0.3 is 5.97 Å². The number of anilines is 1. The highest BCUT2D eigenvalue weighted by Crippen LogP contribution is 2.33. The second-order valence-corrected chi connectivity index (χ2v) is 10.5. The van der Waals surface area contributed by atoms with Gasteiger partial charge in [-0.2, -0.15) is 0 Å². The number of hydrogen-bond donors (Lipinski definition) is 1. The smallest absolute Gasteiger partial charge is 0.341 e. The molecule has 1 aromatic carbocycles. The fourth-order valence-electron chi connectivity index (χ4n) is 3.33. The lowest BCUT2D eigenvalue weighted by Crippen LogP contribution is -2.16. The van der Waals surface area contributed by atoms with Gasteiger partial charge < -0.3 is 19.4 Å². The number of carbonyl (C=O) groups is 2. The monoisotopic (exact) mass is 536 g/mol. The predicted molar refractivity (Wildman–Crippen MR) is 140 cm³/mol. The summed E-state index contributed by atoms with van der Waals surface area (Å²) in [5.74, 6) is 1.13. The van der Waals surface area contributed by atoms with E-state index in [1.54, 1.807) is 6.92 Å². The number of nitrogens with zero attached hydrogens (tertiary/aromatic N) is 3. The van der Waals surface area contributed by atoms with E-state index < -0.39 is 5.97 Å². The first-order chi connectivity index (χ1) is 16.7. The van der Waals surface area contributed by atoms with Crippen LogP contribution in [0.15, 0.2) is 23.4 Å². The summed E-state index contributed by atoms with van der Waals surface area (Å²) >= 11 is 8.65. The van der Waals surface area contributed by atoms with Crippen molar-refractivity contribution in [3.05, 3.63) is 50.6 Å². The van der Waals surface area contributed by atoms with Gasteiger partial charge in [-0.3, -0.25) is 4.79 Å². The molecule has 0 aliphatic carbocycles. The molecule has 0 fully saturated rings. The maximum Gasteiger partial charge on any atom is 0.341 e. The number of hydrogen-bond acceptors (Lipinski definition) is 8. The van der Waals surface area contributed by atoms with E-state index in [0.717, 1.165) is 34.0 Å². The Morgan fingerprint density at radius 1 is 1.23 bits per heavy atom. The molecule has 2 heterocycles. The van der Waals surface area contributed by atoms with Crippen LogP contribution in [0.25, 0.3) is 0 Å². The quantitative estimate of drug-likeness (QED) is 0.200. The highest BCUT2D eigenvalue weighted by molar-refractivity contribution is 7.99. The van der Waals surface area contributed by atoms with Crippen molar-refractivity contribution in [2.24, 2.45) is 7.05 Å². The van der Waals surface area contributed by atoms with Gasteiger partial charge in [0.2, 0.25) is 5.91 Å². The van der Waals surface area contributed by atoms with Gasteiger partial charge in [0.15, 0.2) is 5.16 Å². The minimum atomic E-state index is -0.426. The highest BCUT2D eigenvalue weighted by atomic mass is 35.5. The van der Waals surface area contributed by atoms with E-state index in [-0.39, 0.29) is 18.3 Å². The standard InChI is InChI=1S/C24H29ClN4O4S2/c1-6-32-23(31)21-15(3)16(4)35-22(21)26-20(30)13-34-24-28-27-19(29(24)5)8-7-11-33-18-10-9-17(25)12-14(18)2/h9-10,12H,6-8,11,13H2,1-5H3,(H,26,30). The third kappa shape index (κ3) is 6.99. The Hall–Kier alpha value is -2.56. The molecule has 3 aromatic rings. The van der Waals surface area contributed by atoms with E-state index in [9.17, 15) is 9.59 Å². The lowest BCUT2D eigenvalue weighted by atomic mass is 10.1. The number of ether oxygens (including phenoxy) is 2. The van der Waals surface area contributed by atoms with Gasteiger partial charge in [-0.15, -0.1) is 21.5 Å². The first-order valence-corrected chi connectivity index (χ1v) is 13.4. The third-order valence-corrected chi connectivity index (χ3v) is 7.69. The number of benzene rings is 1. The first kappa shape index (κ1) is 27.0. The molecule has 0 bridgehead atoms.